The number of nitrogens with one attached hydrogen (secondary N) is 3. The minimum atomic E-state index is -4.50. The van der Waals surface area contributed by atoms with Gasteiger partial charge in [0, 0.05) is 24.3 Å². The Morgan fingerprint density at radius 1 is 1.12 bits per heavy atom. The van der Waals surface area contributed by atoms with Crippen LogP contribution in [0, 0.1) is 0 Å². The molecule has 26 heavy (non-hydrogen) atoms. The number of rotatable bonds is 6. The van der Waals surface area contributed by atoms with E-state index in [1.165, 1.54) is 6.07 Å². The fraction of sp³-hybridized carbons (Fsp3) is 0.200. The number of carbonyl (C=O) groups is 1. The number of anilines is 3. The van der Waals surface area contributed by atoms with Crippen LogP contribution in [0.2, 0.25) is 10.0 Å². The normalized spacial score (nSPS) is 11.1. The number of pyridine rings is 1. The summed E-state index contributed by atoms with van der Waals surface area (Å²) in [5.74, 6) is 0.132. The molecular formula is C15H14Cl2F3N5O. The van der Waals surface area contributed by atoms with Gasteiger partial charge in [-0.05, 0) is 24.3 Å². The van der Waals surface area contributed by atoms with Gasteiger partial charge in [-0.15, -0.1) is 0 Å². The molecule has 1 heterocycles. The summed E-state index contributed by atoms with van der Waals surface area (Å²) in [5, 5.41) is 8.56. The van der Waals surface area contributed by atoms with E-state index < -0.39 is 17.8 Å². The van der Waals surface area contributed by atoms with Crippen molar-refractivity contribution < 1.29 is 18.0 Å². The Morgan fingerprint density at radius 3 is 2.42 bits per heavy atom. The maximum absolute atomic E-state index is 12.6. The monoisotopic (exact) mass is 407 g/mol. The van der Waals surface area contributed by atoms with Gasteiger partial charge < -0.3 is 21.7 Å². The van der Waals surface area contributed by atoms with Crippen molar-refractivity contribution in [2.24, 2.45) is 5.73 Å². The summed E-state index contributed by atoms with van der Waals surface area (Å²) in [6, 6.07) is 4.86. The molecule has 0 radical (unpaired) electrons. The van der Waals surface area contributed by atoms with Gasteiger partial charge in [0.2, 0.25) is 0 Å². The quantitative estimate of drug-likeness (QED) is 0.533. The molecule has 0 aliphatic rings. The van der Waals surface area contributed by atoms with Crippen LogP contribution in [0.25, 0.3) is 0 Å². The fourth-order valence-electron chi connectivity index (χ4n) is 2.01. The zero-order chi connectivity index (χ0) is 19.3. The van der Waals surface area contributed by atoms with E-state index >= 15 is 0 Å². The molecule has 0 bridgehead atoms. The molecule has 0 fully saturated rings. The van der Waals surface area contributed by atoms with Gasteiger partial charge in [0.1, 0.15) is 5.82 Å². The lowest BCUT2D eigenvalue weighted by Gasteiger charge is -2.14. The third kappa shape index (κ3) is 5.57. The van der Waals surface area contributed by atoms with Crippen LogP contribution in [0.4, 0.5) is 35.2 Å². The molecule has 0 spiro atoms. The van der Waals surface area contributed by atoms with Gasteiger partial charge >= 0.3 is 12.2 Å². The number of alkyl halides is 3. The van der Waals surface area contributed by atoms with Crippen molar-refractivity contribution in [3.05, 3.63) is 46.1 Å². The molecule has 140 valence electrons. The lowest BCUT2D eigenvalue weighted by molar-refractivity contribution is -0.137. The van der Waals surface area contributed by atoms with Crippen molar-refractivity contribution in [3.63, 3.8) is 0 Å². The van der Waals surface area contributed by atoms with Crippen LogP contribution in [0.15, 0.2) is 30.5 Å². The van der Waals surface area contributed by atoms with Gasteiger partial charge in [-0.25, -0.2) is 9.78 Å². The molecule has 2 rings (SSSR count). The van der Waals surface area contributed by atoms with Gasteiger partial charge in [-0.2, -0.15) is 13.2 Å². The molecule has 6 nitrogen and oxygen atoms in total. The van der Waals surface area contributed by atoms with Crippen molar-refractivity contribution in [1.82, 2.24) is 4.98 Å². The Labute approximate surface area is 156 Å². The number of nitrogens with two attached hydrogens (primary N) is 1. The Balaban J connectivity index is 1.94. The number of hydrogen-bond donors (Lipinski definition) is 4. The van der Waals surface area contributed by atoms with E-state index in [0.717, 1.165) is 6.07 Å². The summed E-state index contributed by atoms with van der Waals surface area (Å²) in [7, 11) is 0. The van der Waals surface area contributed by atoms with E-state index in [1.807, 2.05) is 0 Å². The minimum absolute atomic E-state index is 0.132. The number of hydrogen-bond acceptors (Lipinski definition) is 4. The Hall–Kier alpha value is -2.39. The van der Waals surface area contributed by atoms with Crippen LogP contribution in [0.1, 0.15) is 5.56 Å². The first kappa shape index (κ1) is 19.9. The van der Waals surface area contributed by atoms with Gasteiger partial charge in [0.25, 0.3) is 0 Å². The summed E-state index contributed by atoms with van der Waals surface area (Å²) in [4.78, 5) is 14.7. The number of urea groups is 1. The number of aromatic nitrogens is 1. The van der Waals surface area contributed by atoms with Gasteiger partial charge in [0.05, 0.1) is 22.0 Å². The number of amides is 2. The number of benzene rings is 1. The molecule has 0 atom stereocenters. The van der Waals surface area contributed by atoms with E-state index in [4.69, 9.17) is 28.9 Å². The SMILES string of the molecule is NC(=O)Nc1cc(Cl)ccc1NCCNc1ncc(C(F)(F)F)cc1Cl. The molecule has 0 unspecified atom stereocenters. The molecule has 1 aromatic heterocycles. The second kappa shape index (κ2) is 8.33. The Morgan fingerprint density at radius 2 is 1.81 bits per heavy atom. The summed E-state index contributed by atoms with van der Waals surface area (Å²) in [6.07, 6.45) is -3.80. The maximum Gasteiger partial charge on any atom is 0.417 e. The summed E-state index contributed by atoms with van der Waals surface area (Å²) in [5.41, 5.74) is 5.15. The number of carbonyl (C=O) groups excluding carboxylic acids is 1. The summed E-state index contributed by atoms with van der Waals surface area (Å²) >= 11 is 11.7. The molecular weight excluding hydrogens is 394 g/mol. The Kier molecular flexibility index (Phi) is 6.38. The molecule has 2 amide bonds. The highest BCUT2D eigenvalue weighted by Crippen LogP contribution is 2.32. The van der Waals surface area contributed by atoms with Crippen LogP contribution in [-0.2, 0) is 6.18 Å². The number of nitrogens with zero attached hydrogens (tertiary/aromatic N) is 1. The van der Waals surface area contributed by atoms with Crippen molar-refractivity contribution in [2.45, 2.75) is 6.18 Å². The minimum Gasteiger partial charge on any atom is -0.382 e. The first-order valence-electron chi connectivity index (χ1n) is 7.23. The molecule has 11 heteroatoms. The van der Waals surface area contributed by atoms with Crippen LogP contribution in [-0.4, -0.2) is 24.1 Å². The molecule has 0 aliphatic heterocycles. The number of halogens is 5. The highest BCUT2D eigenvalue weighted by molar-refractivity contribution is 6.33. The van der Waals surface area contributed by atoms with E-state index in [0.29, 0.717) is 35.7 Å². The van der Waals surface area contributed by atoms with Gasteiger partial charge in [0.15, 0.2) is 0 Å². The Bertz CT molecular complexity index is 801. The predicted molar refractivity (Wildman–Crippen MR) is 95.9 cm³/mol. The standard InChI is InChI=1S/C15H14Cl2F3N5O/c16-9-1-2-11(12(6-9)25-14(21)26)22-3-4-23-13-10(17)5-8(7-24-13)15(18,19)20/h1-2,5-7,22H,3-4H2,(H,23,24)(H3,21,25,26). The summed E-state index contributed by atoms with van der Waals surface area (Å²) in [6.45, 7) is 0.658. The molecule has 5 N–H and O–H groups in total. The third-order valence-corrected chi connectivity index (χ3v) is 3.66. The molecule has 0 aliphatic carbocycles. The van der Waals surface area contributed by atoms with E-state index in [1.54, 1.807) is 12.1 Å². The molecule has 2 aromatic rings. The first-order valence-corrected chi connectivity index (χ1v) is 7.99. The predicted octanol–water partition coefficient (Wildman–Crippen LogP) is 4.42. The van der Waals surface area contributed by atoms with Gasteiger partial charge in [-0.1, -0.05) is 23.2 Å². The maximum atomic E-state index is 12.6. The van der Waals surface area contributed by atoms with Crippen molar-refractivity contribution in [1.29, 1.82) is 0 Å². The lowest BCUT2D eigenvalue weighted by Crippen LogP contribution is -2.21. The first-order chi connectivity index (χ1) is 12.2. The van der Waals surface area contributed by atoms with Crippen LogP contribution in [0.3, 0.4) is 0 Å². The van der Waals surface area contributed by atoms with Crippen LogP contribution < -0.4 is 21.7 Å². The van der Waals surface area contributed by atoms with E-state index in [2.05, 4.69) is 20.9 Å². The average Bonchev–Trinajstić information content (AvgIpc) is 2.53. The van der Waals surface area contributed by atoms with Crippen molar-refractivity contribution >= 4 is 46.4 Å². The van der Waals surface area contributed by atoms with Gasteiger partial charge in [-0.3, -0.25) is 0 Å². The highest BCUT2D eigenvalue weighted by Gasteiger charge is 2.31. The van der Waals surface area contributed by atoms with Crippen molar-refractivity contribution in [2.75, 3.05) is 29.0 Å². The molecule has 1 aromatic carbocycles. The third-order valence-electron chi connectivity index (χ3n) is 3.14. The lowest BCUT2D eigenvalue weighted by atomic mass is 10.2. The van der Waals surface area contributed by atoms with Crippen molar-refractivity contribution in [3.8, 4) is 0 Å². The number of primary amides is 1. The highest BCUT2D eigenvalue weighted by atomic mass is 35.5. The van der Waals surface area contributed by atoms with Crippen LogP contribution >= 0.6 is 23.2 Å². The zero-order valence-corrected chi connectivity index (χ0v) is 14.6. The molecule has 0 saturated carbocycles. The summed E-state index contributed by atoms with van der Waals surface area (Å²) < 4.78 is 37.7. The second-order valence-corrected chi connectivity index (χ2v) is 5.93. The average molecular weight is 408 g/mol. The smallest absolute Gasteiger partial charge is 0.382 e. The largest absolute Gasteiger partial charge is 0.417 e. The van der Waals surface area contributed by atoms with E-state index in [9.17, 15) is 18.0 Å². The second-order valence-electron chi connectivity index (χ2n) is 5.08. The molecule has 0 saturated heterocycles. The fourth-order valence-corrected chi connectivity index (χ4v) is 2.41. The van der Waals surface area contributed by atoms with Crippen LogP contribution in [0.5, 0.6) is 0 Å². The topological polar surface area (TPSA) is 92.1 Å². The zero-order valence-electron chi connectivity index (χ0n) is 13.1. The van der Waals surface area contributed by atoms with E-state index in [-0.39, 0.29) is 10.8 Å².